The van der Waals surface area contributed by atoms with E-state index in [2.05, 4.69) is 4.79 Å². The number of nitrogens with two attached hydrogens (primary N) is 1. The number of likely N-dealkylation sites (tertiary alicyclic amines) is 1. The summed E-state index contributed by atoms with van der Waals surface area (Å²) in [6, 6.07) is 16.3. The van der Waals surface area contributed by atoms with E-state index in [1.54, 1.807) is 65.6 Å². The van der Waals surface area contributed by atoms with E-state index < -0.39 is 41.8 Å². The zero-order valence-electron chi connectivity index (χ0n) is 19.3. The standard InChI is InChI=1S/C24H29N4O4P/c1-23(2)15-17(16-24(3,4)28(23)22(25)30)32-21(29)20(27-26)33(31,18-11-7-5-8-12-18)19-13-9-6-10-14-19/h5-14,17H,15-16H2,1-4H3,(H2,25,30). The first kappa shape index (κ1) is 24.4. The normalized spacial score (nSPS) is 17.6. The SMILES string of the molecule is CC1(C)CC(OC(=O)C(=[N+]=[N-])P(=O)(c2ccccc2)c2ccccc2)CC(C)(C)N1C(N)=O. The number of rotatable bonds is 5. The van der Waals surface area contributed by atoms with Crippen molar-refractivity contribution in [2.45, 2.75) is 57.7 Å². The highest BCUT2D eigenvalue weighted by Gasteiger charge is 2.51. The number of hydrogen-bond donors (Lipinski definition) is 1. The number of amides is 2. The number of nitrogens with zero attached hydrogens (tertiary/aromatic N) is 3. The molecule has 0 spiro atoms. The molecule has 8 nitrogen and oxygen atoms in total. The highest BCUT2D eigenvalue weighted by atomic mass is 31.2. The lowest BCUT2D eigenvalue weighted by Crippen LogP contribution is -2.65. The topological polar surface area (TPSA) is 126 Å². The van der Waals surface area contributed by atoms with Gasteiger partial charge >= 0.3 is 17.5 Å². The fourth-order valence-corrected chi connectivity index (χ4v) is 7.38. The van der Waals surface area contributed by atoms with E-state index in [0.717, 1.165) is 0 Å². The lowest BCUT2D eigenvalue weighted by Gasteiger charge is -2.53. The monoisotopic (exact) mass is 468 g/mol. The number of carbonyl (C=O) groups is 2. The summed E-state index contributed by atoms with van der Waals surface area (Å²) in [7, 11) is -3.81. The molecule has 1 heterocycles. The minimum absolute atomic E-state index is 0.324. The molecule has 174 valence electrons. The average Bonchev–Trinajstić information content (AvgIpc) is 2.73. The van der Waals surface area contributed by atoms with Crippen LogP contribution in [0.15, 0.2) is 60.7 Å². The molecule has 0 radical (unpaired) electrons. The largest absolute Gasteiger partial charge is 0.453 e. The number of hydrogen-bond acceptors (Lipinski definition) is 4. The number of benzene rings is 2. The van der Waals surface area contributed by atoms with E-state index in [1.165, 1.54) is 0 Å². The first-order valence-electron chi connectivity index (χ1n) is 10.7. The summed E-state index contributed by atoms with van der Waals surface area (Å²) in [5, 5.41) is 0.704. The Morgan fingerprint density at radius 1 is 0.970 bits per heavy atom. The van der Waals surface area contributed by atoms with Crippen LogP contribution in [0.25, 0.3) is 5.53 Å². The minimum atomic E-state index is -3.81. The van der Waals surface area contributed by atoms with E-state index in [4.69, 9.17) is 10.5 Å². The first-order chi connectivity index (χ1) is 15.4. The number of esters is 1. The van der Waals surface area contributed by atoms with Gasteiger partial charge in [-0.3, -0.25) is 0 Å². The van der Waals surface area contributed by atoms with Gasteiger partial charge in [-0.05, 0) is 27.7 Å². The predicted octanol–water partition coefficient (Wildman–Crippen LogP) is 3.27. The molecule has 3 rings (SSSR count). The molecule has 0 saturated carbocycles. The van der Waals surface area contributed by atoms with Crippen LogP contribution >= 0.6 is 7.14 Å². The molecule has 33 heavy (non-hydrogen) atoms. The van der Waals surface area contributed by atoms with Crippen LogP contribution < -0.4 is 16.3 Å². The molecule has 2 aromatic rings. The molecule has 0 unspecified atom stereocenters. The van der Waals surface area contributed by atoms with Gasteiger partial charge in [-0.15, -0.1) is 0 Å². The Labute approximate surface area is 193 Å². The maximum absolute atomic E-state index is 14.4. The zero-order valence-corrected chi connectivity index (χ0v) is 20.2. The molecule has 1 aliphatic rings. The summed E-state index contributed by atoms with van der Waals surface area (Å²) in [5.41, 5.74) is 13.5. The van der Waals surface area contributed by atoms with E-state index in [0.29, 0.717) is 23.5 Å². The maximum atomic E-state index is 14.4. The van der Waals surface area contributed by atoms with Gasteiger partial charge in [0.05, 0.1) is 0 Å². The Morgan fingerprint density at radius 3 is 1.76 bits per heavy atom. The van der Waals surface area contributed by atoms with Gasteiger partial charge in [0.2, 0.25) is 0 Å². The number of ether oxygens (including phenoxy) is 1. The Morgan fingerprint density at radius 2 is 1.39 bits per heavy atom. The molecule has 0 bridgehead atoms. The summed E-state index contributed by atoms with van der Waals surface area (Å²) in [6.07, 6.45) is 0.0464. The van der Waals surface area contributed by atoms with E-state index >= 15 is 0 Å². The lowest BCUT2D eigenvalue weighted by molar-refractivity contribution is -0.152. The highest BCUT2D eigenvalue weighted by Crippen LogP contribution is 2.45. The van der Waals surface area contributed by atoms with Gasteiger partial charge in [0, 0.05) is 34.5 Å². The molecular formula is C24H29N4O4P. The van der Waals surface area contributed by atoms with Gasteiger partial charge in [0.1, 0.15) is 6.10 Å². The number of urea groups is 1. The van der Waals surface area contributed by atoms with E-state index in [-0.39, 0.29) is 0 Å². The second-order valence-electron chi connectivity index (χ2n) is 9.44. The van der Waals surface area contributed by atoms with Gasteiger partial charge in [-0.1, -0.05) is 60.7 Å². The molecular weight excluding hydrogens is 439 g/mol. The van der Waals surface area contributed by atoms with Gasteiger partial charge in [-0.2, -0.15) is 4.79 Å². The van der Waals surface area contributed by atoms with Crippen molar-refractivity contribution in [1.29, 1.82) is 0 Å². The smallest absolute Gasteiger partial charge is 0.438 e. The molecule has 2 aromatic carbocycles. The Hall–Kier alpha value is -3.21. The predicted molar refractivity (Wildman–Crippen MR) is 127 cm³/mol. The highest BCUT2D eigenvalue weighted by molar-refractivity contribution is 7.95. The van der Waals surface area contributed by atoms with Crippen molar-refractivity contribution >= 4 is 35.2 Å². The Balaban J connectivity index is 1.98. The quantitative estimate of drug-likeness (QED) is 0.238. The number of primary amides is 1. The second-order valence-corrected chi connectivity index (χ2v) is 12.1. The number of carbonyl (C=O) groups excluding carboxylic acids is 2. The van der Waals surface area contributed by atoms with Crippen molar-refractivity contribution in [2.75, 3.05) is 0 Å². The van der Waals surface area contributed by atoms with Crippen molar-refractivity contribution in [3.63, 3.8) is 0 Å². The summed E-state index contributed by atoms with van der Waals surface area (Å²) in [4.78, 5) is 30.1. The summed E-state index contributed by atoms with van der Waals surface area (Å²) in [6.45, 7) is 7.39. The third-order valence-electron chi connectivity index (χ3n) is 5.97. The molecule has 1 saturated heterocycles. The molecule has 0 aliphatic carbocycles. The Kier molecular flexibility index (Phi) is 6.64. The molecule has 2 N–H and O–H groups in total. The van der Waals surface area contributed by atoms with E-state index in [9.17, 15) is 19.7 Å². The Bertz CT molecular complexity index is 1080. The average molecular weight is 468 g/mol. The third-order valence-corrected chi connectivity index (χ3v) is 8.89. The van der Waals surface area contributed by atoms with Crippen LogP contribution in [0.3, 0.4) is 0 Å². The van der Waals surface area contributed by atoms with Crippen molar-refractivity contribution in [1.82, 2.24) is 4.90 Å². The third kappa shape index (κ3) is 4.63. The molecule has 1 aliphatic heterocycles. The fraction of sp³-hybridized carbons (Fsp3) is 0.375. The molecule has 1 fully saturated rings. The van der Waals surface area contributed by atoms with Crippen LogP contribution in [-0.4, -0.2) is 44.3 Å². The fourth-order valence-electron chi connectivity index (χ4n) is 4.97. The van der Waals surface area contributed by atoms with Crippen LogP contribution in [0.2, 0.25) is 0 Å². The molecule has 0 aromatic heterocycles. The van der Waals surface area contributed by atoms with Crippen LogP contribution in [0.1, 0.15) is 40.5 Å². The minimum Gasteiger partial charge on any atom is -0.453 e. The van der Waals surface area contributed by atoms with Crippen molar-refractivity contribution in [3.8, 4) is 0 Å². The molecule has 2 amide bonds. The van der Waals surface area contributed by atoms with Crippen LogP contribution in [0.5, 0.6) is 0 Å². The molecule has 0 atom stereocenters. The van der Waals surface area contributed by atoms with Gasteiger partial charge in [0.15, 0.2) is 0 Å². The van der Waals surface area contributed by atoms with E-state index in [1.807, 2.05) is 27.7 Å². The van der Waals surface area contributed by atoms with Crippen molar-refractivity contribution in [2.24, 2.45) is 5.73 Å². The van der Waals surface area contributed by atoms with Crippen LogP contribution in [0.4, 0.5) is 4.79 Å². The van der Waals surface area contributed by atoms with Crippen molar-refractivity contribution in [3.05, 3.63) is 66.2 Å². The summed E-state index contributed by atoms with van der Waals surface area (Å²) in [5.74, 6) is -0.960. The van der Waals surface area contributed by atoms with Crippen LogP contribution in [-0.2, 0) is 14.1 Å². The van der Waals surface area contributed by atoms with Gasteiger partial charge in [0.25, 0.3) is 7.14 Å². The summed E-state index contributed by atoms with van der Waals surface area (Å²) >= 11 is 0. The lowest BCUT2D eigenvalue weighted by atomic mass is 9.78. The van der Waals surface area contributed by atoms with Crippen LogP contribution in [0, 0.1) is 0 Å². The summed E-state index contributed by atoms with van der Waals surface area (Å²) < 4.78 is 20.1. The van der Waals surface area contributed by atoms with Gasteiger partial charge in [-0.25, -0.2) is 9.59 Å². The zero-order chi connectivity index (χ0) is 24.4. The number of piperidine rings is 1. The van der Waals surface area contributed by atoms with Gasteiger partial charge < -0.3 is 25.5 Å². The molecule has 9 heteroatoms. The first-order valence-corrected chi connectivity index (χ1v) is 12.4. The second kappa shape index (κ2) is 8.97. The maximum Gasteiger partial charge on any atom is 0.438 e. The van der Waals surface area contributed by atoms with Crippen molar-refractivity contribution < 1.29 is 23.7 Å².